The van der Waals surface area contributed by atoms with Crippen molar-refractivity contribution in [1.82, 2.24) is 19.7 Å². The van der Waals surface area contributed by atoms with E-state index in [0.717, 1.165) is 22.3 Å². The summed E-state index contributed by atoms with van der Waals surface area (Å²) in [5.74, 6) is -3.32. The number of alkyl halides is 3. The summed E-state index contributed by atoms with van der Waals surface area (Å²) < 4.78 is 114. The third kappa shape index (κ3) is 7.04. The van der Waals surface area contributed by atoms with E-state index in [0.29, 0.717) is 11.8 Å². The van der Waals surface area contributed by atoms with Crippen LogP contribution in [0.2, 0.25) is 18.1 Å². The summed E-state index contributed by atoms with van der Waals surface area (Å²) in [7, 11) is -8.48. The van der Waals surface area contributed by atoms with Crippen LogP contribution in [0.5, 0.6) is 11.6 Å². The molecule has 1 aliphatic rings. The predicted molar refractivity (Wildman–Crippen MR) is 178 cm³/mol. The molecule has 1 amide bonds. The van der Waals surface area contributed by atoms with E-state index in [2.05, 4.69) is 35.0 Å². The molecule has 0 radical (unpaired) electrons. The Balaban J connectivity index is 1.72. The molecule has 3 aromatic heterocycles. The average Bonchev–Trinajstić information content (AvgIpc) is 3.63. The molecule has 1 aromatic carbocycles. The fourth-order valence-corrected chi connectivity index (χ4v) is 8.13. The van der Waals surface area contributed by atoms with Crippen molar-refractivity contribution in [2.45, 2.75) is 76.9 Å². The Morgan fingerprint density at radius 2 is 1.82 bits per heavy atom. The van der Waals surface area contributed by atoms with Gasteiger partial charge in [0, 0.05) is 24.2 Å². The standard InChI is InChI=1S/C31H35F5N4O7S2Si/c1-16(47-50(6,7)30(3,4)5)15-45-23-13-18(32)12-20(33)24(23)25-26(21-14-22-17(2)39(29(41)42)9-10-40(22)38-21)37-28(19-8-11-48-27(19)25)46-49(43,44)31(34,35)36/h8,11-14,16-17H,9-10,15H2,1-7H3,(H,41,42)/t16-,17+/m1/s1. The van der Waals surface area contributed by atoms with Crippen LogP contribution >= 0.6 is 11.3 Å². The molecule has 4 aromatic rings. The zero-order valence-corrected chi connectivity index (χ0v) is 30.7. The van der Waals surface area contributed by atoms with Crippen LogP contribution in [0.3, 0.4) is 0 Å². The second-order valence-corrected chi connectivity index (χ2v) is 20.6. The number of halogens is 5. The summed E-state index contributed by atoms with van der Waals surface area (Å²) in [5.41, 5.74) is -6.21. The van der Waals surface area contributed by atoms with Crippen molar-refractivity contribution in [3.8, 4) is 34.1 Å². The summed E-state index contributed by atoms with van der Waals surface area (Å²) in [6, 6.07) is 3.50. The molecule has 50 heavy (non-hydrogen) atoms. The molecular formula is C31H35F5N4O7S2Si. The number of aromatic nitrogens is 3. The van der Waals surface area contributed by atoms with E-state index in [9.17, 15) is 35.9 Å². The van der Waals surface area contributed by atoms with Gasteiger partial charge in [-0.15, -0.1) is 11.3 Å². The number of hydrogen-bond acceptors (Lipinski definition) is 9. The maximum atomic E-state index is 16.1. The molecule has 1 N–H and O–H groups in total. The number of carbonyl (C=O) groups is 1. The number of carboxylic acid groups (broad SMARTS) is 1. The van der Waals surface area contributed by atoms with Gasteiger partial charge < -0.3 is 18.5 Å². The van der Waals surface area contributed by atoms with Gasteiger partial charge in [-0.3, -0.25) is 9.58 Å². The first-order valence-electron chi connectivity index (χ1n) is 15.3. The van der Waals surface area contributed by atoms with Crippen molar-refractivity contribution in [3.05, 3.63) is 47.0 Å². The quantitative estimate of drug-likeness (QED) is 0.0776. The van der Waals surface area contributed by atoms with Crippen molar-refractivity contribution >= 4 is 46.0 Å². The molecule has 0 spiro atoms. The van der Waals surface area contributed by atoms with Crippen LogP contribution in [-0.2, 0) is 21.1 Å². The van der Waals surface area contributed by atoms with E-state index in [1.165, 1.54) is 22.2 Å². The van der Waals surface area contributed by atoms with Gasteiger partial charge in [0.1, 0.15) is 35.4 Å². The zero-order chi connectivity index (χ0) is 37.1. The van der Waals surface area contributed by atoms with Crippen LogP contribution in [0.4, 0.5) is 26.7 Å². The van der Waals surface area contributed by atoms with E-state index in [1.54, 1.807) is 13.8 Å². The van der Waals surface area contributed by atoms with Crippen molar-refractivity contribution in [2.75, 3.05) is 13.2 Å². The summed E-state index contributed by atoms with van der Waals surface area (Å²) in [6.07, 6.45) is -1.71. The summed E-state index contributed by atoms with van der Waals surface area (Å²) >= 11 is 0.910. The maximum Gasteiger partial charge on any atom is 0.534 e. The Morgan fingerprint density at radius 3 is 2.44 bits per heavy atom. The highest BCUT2D eigenvalue weighted by molar-refractivity contribution is 7.88. The number of thiophene rings is 1. The average molecular weight is 763 g/mol. The molecule has 4 heterocycles. The minimum Gasteiger partial charge on any atom is -0.490 e. The minimum atomic E-state index is -6.20. The summed E-state index contributed by atoms with van der Waals surface area (Å²) in [6.45, 7) is 13.6. The topological polar surface area (TPSA) is 133 Å². The lowest BCUT2D eigenvalue weighted by atomic mass is 9.98. The highest BCUT2D eigenvalue weighted by Gasteiger charge is 2.49. The summed E-state index contributed by atoms with van der Waals surface area (Å²) in [5, 5.41) is 15.2. The first-order chi connectivity index (χ1) is 23.0. The lowest BCUT2D eigenvalue weighted by Gasteiger charge is -2.38. The number of amides is 1. The first kappa shape index (κ1) is 37.4. The fourth-order valence-electron chi connectivity index (χ4n) is 5.34. The van der Waals surface area contributed by atoms with Crippen LogP contribution in [0.25, 0.3) is 32.6 Å². The van der Waals surface area contributed by atoms with E-state index >= 15 is 4.39 Å². The number of pyridine rings is 1. The third-order valence-electron chi connectivity index (χ3n) is 8.84. The molecular weight excluding hydrogens is 728 g/mol. The number of fused-ring (bicyclic) bond motifs is 2. The Morgan fingerprint density at radius 1 is 1.14 bits per heavy atom. The predicted octanol–water partition coefficient (Wildman–Crippen LogP) is 8.18. The molecule has 11 nitrogen and oxygen atoms in total. The van der Waals surface area contributed by atoms with Gasteiger partial charge in [0.2, 0.25) is 5.88 Å². The molecule has 5 rings (SSSR count). The normalized spacial score (nSPS) is 16.4. The van der Waals surface area contributed by atoms with Gasteiger partial charge in [0.15, 0.2) is 8.32 Å². The van der Waals surface area contributed by atoms with Gasteiger partial charge in [-0.05, 0) is 49.5 Å². The lowest BCUT2D eigenvalue weighted by molar-refractivity contribution is -0.0500. The first-order valence-corrected chi connectivity index (χ1v) is 20.5. The van der Waals surface area contributed by atoms with Crippen LogP contribution < -0.4 is 8.92 Å². The molecule has 19 heteroatoms. The molecule has 2 atom stereocenters. The van der Waals surface area contributed by atoms with Gasteiger partial charge in [0.05, 0.1) is 40.0 Å². The van der Waals surface area contributed by atoms with Crippen LogP contribution in [0, 0.1) is 11.6 Å². The molecule has 0 fully saturated rings. The number of benzene rings is 1. The van der Waals surface area contributed by atoms with Crippen molar-refractivity contribution in [3.63, 3.8) is 0 Å². The van der Waals surface area contributed by atoms with Gasteiger partial charge >= 0.3 is 21.7 Å². The van der Waals surface area contributed by atoms with Gasteiger partial charge in [0.25, 0.3) is 0 Å². The fraction of sp³-hybridized carbons (Fsp3) is 0.452. The van der Waals surface area contributed by atoms with Gasteiger partial charge in [-0.25, -0.2) is 18.6 Å². The van der Waals surface area contributed by atoms with E-state index < -0.39 is 59.7 Å². The smallest absolute Gasteiger partial charge is 0.490 e. The largest absolute Gasteiger partial charge is 0.534 e. The monoisotopic (exact) mass is 762 g/mol. The molecule has 0 unspecified atom stereocenters. The lowest BCUT2D eigenvalue weighted by Crippen LogP contribution is -2.44. The summed E-state index contributed by atoms with van der Waals surface area (Å²) in [4.78, 5) is 17.2. The highest BCUT2D eigenvalue weighted by Crippen LogP contribution is 2.48. The molecule has 1 aliphatic heterocycles. The second-order valence-electron chi connectivity index (χ2n) is 13.4. The number of rotatable bonds is 9. The van der Waals surface area contributed by atoms with E-state index in [-0.39, 0.29) is 63.1 Å². The van der Waals surface area contributed by atoms with E-state index in [1.807, 2.05) is 13.1 Å². The van der Waals surface area contributed by atoms with Crippen molar-refractivity contribution < 1.29 is 53.6 Å². The SMILES string of the molecule is C[C@H](COc1cc(F)cc(F)c1-c1c(-c2cc3n(n2)CCN(C(=O)O)[C@H]3C)nc(OS(=O)(=O)C(F)(F)F)c2ccsc12)O[Si](C)(C)C(C)(C)C. The third-order valence-corrected chi connectivity index (χ3v) is 15.3. The molecule has 272 valence electrons. The molecule has 0 bridgehead atoms. The van der Waals surface area contributed by atoms with Crippen molar-refractivity contribution in [2.24, 2.45) is 0 Å². The second kappa shape index (κ2) is 13.1. The highest BCUT2D eigenvalue weighted by atomic mass is 32.2. The maximum absolute atomic E-state index is 16.1. The number of nitrogens with zero attached hydrogens (tertiary/aromatic N) is 4. The molecule has 0 aliphatic carbocycles. The zero-order valence-electron chi connectivity index (χ0n) is 28.1. The number of ether oxygens (including phenoxy) is 1. The molecule has 0 saturated carbocycles. The Kier molecular flexibility index (Phi) is 9.78. The van der Waals surface area contributed by atoms with Crippen molar-refractivity contribution in [1.29, 1.82) is 0 Å². The minimum absolute atomic E-state index is 0.0366. The van der Waals surface area contributed by atoms with E-state index in [4.69, 9.17) is 9.16 Å². The van der Waals surface area contributed by atoms with Crippen LogP contribution in [0.15, 0.2) is 29.6 Å². The Labute approximate surface area is 289 Å². The Bertz CT molecular complexity index is 2060. The van der Waals surface area contributed by atoms with Gasteiger partial charge in [-0.2, -0.15) is 26.7 Å². The van der Waals surface area contributed by atoms with Gasteiger partial charge in [-0.1, -0.05) is 20.8 Å². The van der Waals surface area contributed by atoms with Crippen LogP contribution in [-0.4, -0.2) is 72.4 Å². The van der Waals surface area contributed by atoms with Crippen LogP contribution in [0.1, 0.15) is 46.4 Å². The molecule has 0 saturated heterocycles. The number of hydrogen-bond donors (Lipinski definition) is 1. The Hall–Kier alpha value is -3.81.